The van der Waals surface area contributed by atoms with Gasteiger partial charge in [0.25, 0.3) is 0 Å². The molecule has 0 spiro atoms. The molecule has 0 aliphatic rings. The highest BCUT2D eigenvalue weighted by Crippen LogP contribution is 2.11. The van der Waals surface area contributed by atoms with Crippen LogP contribution < -0.4 is 10.6 Å². The molecule has 2 rings (SSSR count). The molecule has 5 nitrogen and oxygen atoms in total. The minimum atomic E-state index is -0.451. The van der Waals surface area contributed by atoms with Crippen molar-refractivity contribution in [2.75, 3.05) is 12.4 Å². The number of nitrogens with one attached hydrogen (secondary N) is 2. The van der Waals surface area contributed by atoms with Crippen LogP contribution in [0.4, 0.5) is 10.5 Å². The first-order valence-corrected chi connectivity index (χ1v) is 6.66. The number of carbonyl (C=O) groups is 2. The number of anilines is 1. The third-order valence-electron chi connectivity index (χ3n) is 2.83. The van der Waals surface area contributed by atoms with E-state index in [0.717, 1.165) is 5.56 Å². The van der Waals surface area contributed by atoms with Gasteiger partial charge in [-0.25, -0.2) is 9.59 Å². The molecule has 0 radical (unpaired) electrons. The number of rotatable bonds is 4. The number of ether oxygens (including phenoxy) is 1. The van der Waals surface area contributed by atoms with Crippen molar-refractivity contribution in [1.82, 2.24) is 5.32 Å². The summed E-state index contributed by atoms with van der Waals surface area (Å²) >= 11 is 0. The fourth-order valence-corrected chi connectivity index (χ4v) is 1.79. The third-order valence-corrected chi connectivity index (χ3v) is 2.83. The number of hydrogen-bond donors (Lipinski definition) is 2. The summed E-state index contributed by atoms with van der Waals surface area (Å²) in [4.78, 5) is 23.2. The standard InChI is InChI=1S/C17H16N2O3/c1-22-16(20)14-8-5-9-15(12-14)19-17(21)18-11-10-13-6-3-2-4-7-13/h2-12H,1H3,(H2,18,19,21)/b11-10+. The summed E-state index contributed by atoms with van der Waals surface area (Å²) < 4.78 is 4.63. The van der Waals surface area contributed by atoms with Crippen LogP contribution >= 0.6 is 0 Å². The molecule has 5 heteroatoms. The SMILES string of the molecule is COC(=O)c1cccc(NC(=O)N/C=C/c2ccccc2)c1. The van der Waals surface area contributed by atoms with Gasteiger partial charge in [-0.15, -0.1) is 0 Å². The lowest BCUT2D eigenvalue weighted by Gasteiger charge is -2.06. The van der Waals surface area contributed by atoms with Gasteiger partial charge < -0.3 is 15.4 Å². The first-order chi connectivity index (χ1) is 10.7. The van der Waals surface area contributed by atoms with Gasteiger partial charge in [-0.05, 0) is 29.8 Å². The van der Waals surface area contributed by atoms with Gasteiger partial charge >= 0.3 is 12.0 Å². The Bertz CT molecular complexity index is 681. The number of amides is 2. The van der Waals surface area contributed by atoms with Gasteiger partial charge in [-0.3, -0.25) is 0 Å². The topological polar surface area (TPSA) is 67.4 Å². The van der Waals surface area contributed by atoms with E-state index in [2.05, 4.69) is 15.4 Å². The summed E-state index contributed by atoms with van der Waals surface area (Å²) in [6.07, 6.45) is 3.33. The highest BCUT2D eigenvalue weighted by Gasteiger charge is 2.06. The van der Waals surface area contributed by atoms with E-state index in [-0.39, 0.29) is 0 Å². The van der Waals surface area contributed by atoms with E-state index in [1.54, 1.807) is 36.5 Å². The van der Waals surface area contributed by atoms with E-state index < -0.39 is 12.0 Å². The molecule has 0 saturated carbocycles. The molecule has 0 bridgehead atoms. The Balaban J connectivity index is 1.92. The Labute approximate surface area is 128 Å². The van der Waals surface area contributed by atoms with Gasteiger partial charge in [0.1, 0.15) is 0 Å². The number of carbonyl (C=O) groups excluding carboxylic acids is 2. The summed E-state index contributed by atoms with van der Waals surface area (Å²) in [5.41, 5.74) is 1.86. The predicted octanol–water partition coefficient (Wildman–Crippen LogP) is 3.27. The molecule has 2 aromatic carbocycles. The van der Waals surface area contributed by atoms with Gasteiger partial charge in [0.2, 0.25) is 0 Å². The monoisotopic (exact) mass is 296 g/mol. The van der Waals surface area contributed by atoms with E-state index in [9.17, 15) is 9.59 Å². The van der Waals surface area contributed by atoms with E-state index in [4.69, 9.17) is 0 Å². The Kier molecular flexibility index (Phi) is 5.31. The van der Waals surface area contributed by atoms with Crippen LogP contribution in [0.25, 0.3) is 6.08 Å². The lowest BCUT2D eigenvalue weighted by Crippen LogP contribution is -2.23. The third kappa shape index (κ3) is 4.49. The van der Waals surface area contributed by atoms with E-state index in [0.29, 0.717) is 11.3 Å². The Morgan fingerprint density at radius 2 is 1.82 bits per heavy atom. The maximum atomic E-state index is 11.8. The molecule has 112 valence electrons. The predicted molar refractivity (Wildman–Crippen MR) is 85.4 cm³/mol. The van der Waals surface area contributed by atoms with Crippen molar-refractivity contribution < 1.29 is 14.3 Å². The molecule has 0 atom stereocenters. The molecule has 2 aromatic rings. The summed E-state index contributed by atoms with van der Waals surface area (Å²) in [6, 6.07) is 15.7. The van der Waals surface area contributed by atoms with Crippen molar-refractivity contribution in [3.8, 4) is 0 Å². The van der Waals surface area contributed by atoms with Crippen molar-refractivity contribution in [1.29, 1.82) is 0 Å². The normalized spacial score (nSPS) is 10.2. The largest absolute Gasteiger partial charge is 0.465 e. The molecule has 22 heavy (non-hydrogen) atoms. The van der Waals surface area contributed by atoms with Crippen LogP contribution in [0.5, 0.6) is 0 Å². The van der Waals surface area contributed by atoms with Crippen LogP contribution in [0, 0.1) is 0 Å². The highest BCUT2D eigenvalue weighted by molar-refractivity contribution is 5.94. The maximum Gasteiger partial charge on any atom is 0.337 e. The van der Waals surface area contributed by atoms with Gasteiger partial charge in [0.05, 0.1) is 12.7 Å². The Morgan fingerprint density at radius 1 is 1.05 bits per heavy atom. The highest BCUT2D eigenvalue weighted by atomic mass is 16.5. The molecule has 0 aromatic heterocycles. The summed E-state index contributed by atoms with van der Waals surface area (Å²) in [5.74, 6) is -0.451. The molecule has 0 unspecified atom stereocenters. The Morgan fingerprint density at radius 3 is 2.55 bits per heavy atom. The molecule has 0 fully saturated rings. The smallest absolute Gasteiger partial charge is 0.337 e. The minimum Gasteiger partial charge on any atom is -0.465 e. The number of methoxy groups -OCH3 is 1. The first-order valence-electron chi connectivity index (χ1n) is 6.66. The van der Waals surface area contributed by atoms with Crippen LogP contribution in [0.3, 0.4) is 0 Å². The van der Waals surface area contributed by atoms with Crippen molar-refractivity contribution >= 4 is 23.8 Å². The number of hydrogen-bond acceptors (Lipinski definition) is 3. The molecular weight excluding hydrogens is 280 g/mol. The second kappa shape index (κ2) is 7.64. The van der Waals surface area contributed by atoms with E-state index in [1.165, 1.54) is 7.11 Å². The zero-order valence-corrected chi connectivity index (χ0v) is 12.1. The van der Waals surface area contributed by atoms with Crippen LogP contribution in [0.2, 0.25) is 0 Å². The molecule has 0 aliphatic carbocycles. The van der Waals surface area contributed by atoms with Gasteiger partial charge in [0.15, 0.2) is 0 Å². The van der Waals surface area contributed by atoms with E-state index >= 15 is 0 Å². The molecule has 0 aliphatic heterocycles. The van der Waals surface area contributed by atoms with E-state index in [1.807, 2.05) is 30.3 Å². The lowest BCUT2D eigenvalue weighted by atomic mass is 10.2. The van der Waals surface area contributed by atoms with Crippen molar-refractivity contribution in [2.45, 2.75) is 0 Å². The molecule has 2 N–H and O–H groups in total. The maximum absolute atomic E-state index is 11.8. The second-order valence-corrected chi connectivity index (χ2v) is 4.41. The lowest BCUT2D eigenvalue weighted by molar-refractivity contribution is 0.0600. The minimum absolute atomic E-state index is 0.375. The number of esters is 1. The van der Waals surface area contributed by atoms with Crippen molar-refractivity contribution in [3.63, 3.8) is 0 Å². The zero-order valence-electron chi connectivity index (χ0n) is 12.1. The van der Waals surface area contributed by atoms with Crippen LogP contribution in [0.1, 0.15) is 15.9 Å². The quantitative estimate of drug-likeness (QED) is 0.851. The van der Waals surface area contributed by atoms with Crippen LogP contribution in [0.15, 0.2) is 60.8 Å². The van der Waals surface area contributed by atoms with Crippen LogP contribution in [-0.4, -0.2) is 19.1 Å². The number of benzene rings is 2. The van der Waals surface area contributed by atoms with Crippen molar-refractivity contribution in [3.05, 3.63) is 71.9 Å². The summed E-state index contributed by atoms with van der Waals surface area (Å²) in [7, 11) is 1.31. The molecule has 0 saturated heterocycles. The van der Waals surface area contributed by atoms with Crippen LogP contribution in [-0.2, 0) is 4.74 Å². The van der Waals surface area contributed by atoms with Crippen molar-refractivity contribution in [2.24, 2.45) is 0 Å². The number of urea groups is 1. The first kappa shape index (κ1) is 15.3. The zero-order chi connectivity index (χ0) is 15.8. The molecular formula is C17H16N2O3. The van der Waals surface area contributed by atoms with Gasteiger partial charge in [-0.1, -0.05) is 36.4 Å². The average Bonchev–Trinajstić information content (AvgIpc) is 2.55. The fraction of sp³-hybridized carbons (Fsp3) is 0.0588. The summed E-state index contributed by atoms with van der Waals surface area (Å²) in [6.45, 7) is 0. The molecule has 0 heterocycles. The van der Waals surface area contributed by atoms with Gasteiger partial charge in [-0.2, -0.15) is 0 Å². The van der Waals surface area contributed by atoms with Gasteiger partial charge in [0, 0.05) is 11.9 Å². The second-order valence-electron chi connectivity index (χ2n) is 4.41. The average molecular weight is 296 g/mol. The summed E-state index contributed by atoms with van der Waals surface area (Å²) in [5, 5.41) is 5.23. The molecule has 2 amide bonds. The fourth-order valence-electron chi connectivity index (χ4n) is 1.79. The Hall–Kier alpha value is -3.08.